The van der Waals surface area contributed by atoms with Crippen LogP contribution in [0.5, 0.6) is 0 Å². The largest absolute Gasteiger partial charge is 0.480 e. The number of carboxylic acids is 1. The third-order valence-corrected chi connectivity index (χ3v) is 1.32. The number of carboxylic acid groups (broad SMARTS) is 1. The van der Waals surface area contributed by atoms with Crippen LogP contribution >= 0.6 is 24.8 Å². The topological polar surface area (TPSA) is 49.3 Å². The van der Waals surface area contributed by atoms with Gasteiger partial charge in [0.25, 0.3) is 0 Å². The Morgan fingerprint density at radius 3 is 2.36 bits per heavy atom. The Labute approximate surface area is 77.7 Å². The van der Waals surface area contributed by atoms with E-state index in [2.05, 4.69) is 5.32 Å². The molecule has 0 fully saturated rings. The molecular weight excluding hydrogens is 189 g/mol. The Hall–Kier alpha value is -0.250. The average Bonchev–Trinajstić information content (AvgIpc) is 1.90. The molecule has 3 nitrogen and oxygen atoms in total. The van der Waals surface area contributed by atoms with Crippen LogP contribution in [0.2, 0.25) is 0 Å². The number of rotatable bonds is 1. The number of aliphatic carboxylic acids is 1. The Balaban J connectivity index is 0. The van der Waals surface area contributed by atoms with Crippen LogP contribution in [-0.2, 0) is 4.79 Å². The maximum atomic E-state index is 10.3. The van der Waals surface area contributed by atoms with Crippen LogP contribution in [0.1, 0.15) is 6.42 Å². The van der Waals surface area contributed by atoms with Gasteiger partial charge in [-0.15, -0.1) is 24.8 Å². The first-order valence-electron chi connectivity index (χ1n) is 2.92. The second kappa shape index (κ2) is 6.46. The van der Waals surface area contributed by atoms with Gasteiger partial charge in [-0.1, -0.05) is 12.2 Å². The quantitative estimate of drug-likeness (QED) is 0.616. The fourth-order valence-electron chi connectivity index (χ4n) is 0.797. The first kappa shape index (κ1) is 13.3. The molecule has 0 saturated carbocycles. The standard InChI is InChI=1S/C6H9NO2.2ClH/c8-6(9)5-3-1-2-4-7-5;;/h1-2,5,7H,3-4H2,(H,8,9);2*1H/t5-;;/m1../s1. The summed E-state index contributed by atoms with van der Waals surface area (Å²) in [5.41, 5.74) is 0. The summed E-state index contributed by atoms with van der Waals surface area (Å²) in [6.45, 7) is 0.678. The van der Waals surface area contributed by atoms with Crippen molar-refractivity contribution in [2.24, 2.45) is 0 Å². The van der Waals surface area contributed by atoms with E-state index in [0.29, 0.717) is 13.0 Å². The van der Waals surface area contributed by atoms with Gasteiger partial charge in [0.2, 0.25) is 0 Å². The minimum Gasteiger partial charge on any atom is -0.480 e. The summed E-state index contributed by atoms with van der Waals surface area (Å²) in [5.74, 6) is -0.764. The lowest BCUT2D eigenvalue weighted by Gasteiger charge is -2.13. The summed E-state index contributed by atoms with van der Waals surface area (Å²) in [4.78, 5) is 10.3. The minimum absolute atomic E-state index is 0. The van der Waals surface area contributed by atoms with Crippen molar-refractivity contribution < 1.29 is 9.90 Å². The molecule has 0 amide bonds. The second-order valence-corrected chi connectivity index (χ2v) is 2.01. The third-order valence-electron chi connectivity index (χ3n) is 1.32. The monoisotopic (exact) mass is 199 g/mol. The molecular formula is C6H11Cl2NO2. The van der Waals surface area contributed by atoms with Crippen molar-refractivity contribution in [1.82, 2.24) is 5.32 Å². The first-order valence-corrected chi connectivity index (χ1v) is 2.92. The van der Waals surface area contributed by atoms with Crippen molar-refractivity contribution >= 4 is 30.8 Å². The van der Waals surface area contributed by atoms with Crippen molar-refractivity contribution in [3.8, 4) is 0 Å². The summed E-state index contributed by atoms with van der Waals surface area (Å²) < 4.78 is 0. The highest BCUT2D eigenvalue weighted by atomic mass is 35.5. The average molecular weight is 200 g/mol. The van der Waals surface area contributed by atoms with Crippen molar-refractivity contribution in [3.63, 3.8) is 0 Å². The minimum atomic E-state index is -0.764. The molecule has 0 aromatic carbocycles. The molecule has 1 heterocycles. The highest BCUT2D eigenvalue weighted by Crippen LogP contribution is 1.97. The van der Waals surface area contributed by atoms with Gasteiger partial charge in [0, 0.05) is 6.54 Å². The van der Waals surface area contributed by atoms with Gasteiger partial charge < -0.3 is 10.4 Å². The van der Waals surface area contributed by atoms with Crippen LogP contribution in [-0.4, -0.2) is 23.7 Å². The molecule has 1 rings (SSSR count). The van der Waals surface area contributed by atoms with E-state index in [0.717, 1.165) is 0 Å². The highest BCUT2D eigenvalue weighted by Gasteiger charge is 2.15. The van der Waals surface area contributed by atoms with E-state index in [1.54, 1.807) is 0 Å². The molecule has 66 valence electrons. The van der Waals surface area contributed by atoms with Crippen LogP contribution in [0.15, 0.2) is 12.2 Å². The molecule has 0 spiro atoms. The molecule has 0 bridgehead atoms. The zero-order valence-electron chi connectivity index (χ0n) is 5.82. The summed E-state index contributed by atoms with van der Waals surface area (Å²) in [6.07, 6.45) is 4.42. The summed E-state index contributed by atoms with van der Waals surface area (Å²) in [6, 6.07) is -0.366. The van der Waals surface area contributed by atoms with Crippen LogP contribution in [0.25, 0.3) is 0 Å². The Kier molecular flexibility index (Phi) is 7.84. The molecule has 0 aromatic heterocycles. The normalized spacial score (nSPS) is 21.3. The fourth-order valence-corrected chi connectivity index (χ4v) is 0.797. The van der Waals surface area contributed by atoms with Gasteiger partial charge >= 0.3 is 5.97 Å². The van der Waals surface area contributed by atoms with E-state index in [1.807, 2.05) is 12.2 Å². The molecule has 0 unspecified atom stereocenters. The van der Waals surface area contributed by atoms with Crippen LogP contribution in [0, 0.1) is 0 Å². The molecule has 0 aliphatic carbocycles. The van der Waals surface area contributed by atoms with Crippen molar-refractivity contribution in [3.05, 3.63) is 12.2 Å². The molecule has 5 heteroatoms. The van der Waals surface area contributed by atoms with E-state index in [1.165, 1.54) is 0 Å². The molecule has 0 radical (unpaired) electrons. The van der Waals surface area contributed by atoms with Crippen LogP contribution < -0.4 is 5.32 Å². The van der Waals surface area contributed by atoms with Crippen molar-refractivity contribution in [2.75, 3.05) is 6.54 Å². The molecule has 1 aliphatic heterocycles. The number of carbonyl (C=O) groups is 1. The van der Waals surface area contributed by atoms with Crippen LogP contribution in [0.4, 0.5) is 0 Å². The van der Waals surface area contributed by atoms with Gasteiger partial charge in [0.15, 0.2) is 0 Å². The summed E-state index contributed by atoms with van der Waals surface area (Å²) in [7, 11) is 0. The second-order valence-electron chi connectivity index (χ2n) is 2.01. The van der Waals surface area contributed by atoms with Gasteiger partial charge in [-0.2, -0.15) is 0 Å². The SMILES string of the molecule is Cl.Cl.O=C(O)[C@H]1CC=CCN1. The molecule has 1 aliphatic rings. The zero-order valence-corrected chi connectivity index (χ0v) is 7.45. The fraction of sp³-hybridized carbons (Fsp3) is 0.500. The van der Waals surface area contributed by atoms with Crippen molar-refractivity contribution in [2.45, 2.75) is 12.5 Å². The van der Waals surface area contributed by atoms with Crippen molar-refractivity contribution in [1.29, 1.82) is 0 Å². The van der Waals surface area contributed by atoms with E-state index in [4.69, 9.17) is 5.11 Å². The zero-order chi connectivity index (χ0) is 6.69. The van der Waals surface area contributed by atoms with Crippen LogP contribution in [0.3, 0.4) is 0 Å². The summed E-state index contributed by atoms with van der Waals surface area (Å²) >= 11 is 0. The lowest BCUT2D eigenvalue weighted by Crippen LogP contribution is -2.38. The predicted molar refractivity (Wildman–Crippen MR) is 47.7 cm³/mol. The summed E-state index contributed by atoms with van der Waals surface area (Å²) in [5, 5.41) is 11.3. The maximum absolute atomic E-state index is 10.3. The maximum Gasteiger partial charge on any atom is 0.321 e. The van der Waals surface area contributed by atoms with Gasteiger partial charge in [0.1, 0.15) is 6.04 Å². The lowest BCUT2D eigenvalue weighted by molar-refractivity contribution is -0.139. The first-order chi connectivity index (χ1) is 4.30. The Bertz CT molecular complexity index is 150. The number of halogens is 2. The number of hydrogen-bond donors (Lipinski definition) is 2. The third kappa shape index (κ3) is 4.24. The molecule has 0 aromatic rings. The molecule has 2 N–H and O–H groups in total. The number of nitrogens with one attached hydrogen (secondary N) is 1. The predicted octanol–water partition coefficient (Wildman–Crippen LogP) is 0.833. The molecule has 11 heavy (non-hydrogen) atoms. The molecule has 1 atom stereocenters. The Morgan fingerprint density at radius 1 is 1.45 bits per heavy atom. The number of hydrogen-bond acceptors (Lipinski definition) is 2. The van der Waals surface area contributed by atoms with Gasteiger partial charge in [-0.05, 0) is 6.42 Å². The van der Waals surface area contributed by atoms with Gasteiger partial charge in [0.05, 0.1) is 0 Å². The van der Waals surface area contributed by atoms with Gasteiger partial charge in [-0.3, -0.25) is 4.79 Å². The smallest absolute Gasteiger partial charge is 0.321 e. The van der Waals surface area contributed by atoms with E-state index in [9.17, 15) is 4.79 Å². The lowest BCUT2D eigenvalue weighted by atomic mass is 10.1. The Morgan fingerprint density at radius 2 is 2.09 bits per heavy atom. The molecule has 0 saturated heterocycles. The van der Waals surface area contributed by atoms with E-state index in [-0.39, 0.29) is 30.9 Å². The van der Waals surface area contributed by atoms with E-state index < -0.39 is 5.97 Å². The van der Waals surface area contributed by atoms with E-state index >= 15 is 0 Å². The van der Waals surface area contributed by atoms with Gasteiger partial charge in [-0.25, -0.2) is 0 Å². The highest BCUT2D eigenvalue weighted by molar-refractivity contribution is 5.85.